The van der Waals surface area contributed by atoms with Crippen LogP contribution in [0.4, 0.5) is 0 Å². The van der Waals surface area contributed by atoms with E-state index in [2.05, 4.69) is 11.6 Å². The average Bonchev–Trinajstić information content (AvgIpc) is 2.05. The van der Waals surface area contributed by atoms with Gasteiger partial charge >= 0.3 is 0 Å². The lowest BCUT2D eigenvalue weighted by Crippen LogP contribution is -2.00. The highest BCUT2D eigenvalue weighted by Crippen LogP contribution is 2.08. The van der Waals surface area contributed by atoms with Gasteiger partial charge in [-0.1, -0.05) is 14.6 Å². The molecule has 2 nitrogen and oxygen atoms in total. The summed E-state index contributed by atoms with van der Waals surface area (Å²) in [6.07, 6.45) is 1.37. The summed E-state index contributed by atoms with van der Waals surface area (Å²) in [5.74, 6) is 0. The van der Waals surface area contributed by atoms with Gasteiger partial charge in [0.05, 0.1) is 11.8 Å². The van der Waals surface area contributed by atoms with Crippen molar-refractivity contribution in [2.24, 2.45) is 0 Å². The Morgan fingerprint density at radius 3 is 2.64 bits per heavy atom. The molecule has 1 aromatic rings. The van der Waals surface area contributed by atoms with E-state index >= 15 is 0 Å². The molecular formula is C8H12NOP. The van der Waals surface area contributed by atoms with Crippen LogP contribution >= 0.6 is 8.58 Å². The molecule has 0 spiro atoms. The van der Waals surface area contributed by atoms with E-state index in [1.54, 1.807) is 6.92 Å². The van der Waals surface area contributed by atoms with Crippen molar-refractivity contribution in [2.75, 3.05) is 6.66 Å². The molecule has 3 heteroatoms. The Morgan fingerprint density at radius 1 is 1.55 bits per heavy atom. The van der Waals surface area contributed by atoms with Gasteiger partial charge in [0.15, 0.2) is 0 Å². The smallest absolute Gasteiger partial charge is 0.0931 e. The SMILES string of the molecule is CPc1ccc(C(C)O)nc1. The number of pyridine rings is 1. The van der Waals surface area contributed by atoms with E-state index < -0.39 is 6.10 Å². The second-order valence-corrected chi connectivity index (χ2v) is 3.48. The Kier molecular flexibility index (Phi) is 2.98. The van der Waals surface area contributed by atoms with Gasteiger partial charge in [0.2, 0.25) is 0 Å². The minimum absolute atomic E-state index is 0.454. The van der Waals surface area contributed by atoms with E-state index in [1.165, 1.54) is 5.30 Å². The summed E-state index contributed by atoms with van der Waals surface area (Å²) in [6, 6.07) is 3.88. The third kappa shape index (κ3) is 2.25. The first-order chi connectivity index (χ1) is 5.24. The molecular weight excluding hydrogens is 157 g/mol. The Morgan fingerprint density at radius 2 is 2.27 bits per heavy atom. The van der Waals surface area contributed by atoms with E-state index in [0.717, 1.165) is 14.3 Å². The molecule has 60 valence electrons. The topological polar surface area (TPSA) is 33.1 Å². The van der Waals surface area contributed by atoms with Gasteiger partial charge < -0.3 is 5.11 Å². The number of aromatic nitrogens is 1. The maximum absolute atomic E-state index is 9.13. The third-order valence-electron chi connectivity index (χ3n) is 1.50. The first-order valence-electron chi connectivity index (χ1n) is 3.56. The van der Waals surface area contributed by atoms with Crippen LogP contribution in [0.15, 0.2) is 18.3 Å². The molecule has 2 unspecified atom stereocenters. The zero-order valence-corrected chi connectivity index (χ0v) is 7.70. The summed E-state index contributed by atoms with van der Waals surface area (Å²) < 4.78 is 0. The molecule has 11 heavy (non-hydrogen) atoms. The Labute approximate surface area is 68.5 Å². The summed E-state index contributed by atoms with van der Waals surface area (Å²) in [7, 11) is 0.776. The maximum atomic E-state index is 9.13. The molecule has 0 aromatic carbocycles. The zero-order valence-electron chi connectivity index (χ0n) is 6.70. The van der Waals surface area contributed by atoms with Crippen LogP contribution in [0.3, 0.4) is 0 Å². The predicted molar refractivity (Wildman–Crippen MR) is 48.7 cm³/mol. The lowest BCUT2D eigenvalue weighted by molar-refractivity contribution is 0.194. The first kappa shape index (κ1) is 8.63. The van der Waals surface area contributed by atoms with Gasteiger partial charge in [-0.15, -0.1) is 0 Å². The van der Waals surface area contributed by atoms with Crippen LogP contribution in [0, 0.1) is 0 Å². The van der Waals surface area contributed by atoms with Crippen LogP contribution in [0.5, 0.6) is 0 Å². The van der Waals surface area contributed by atoms with Gasteiger partial charge in [-0.3, -0.25) is 4.98 Å². The Bertz CT molecular complexity index is 220. The summed E-state index contributed by atoms with van der Waals surface area (Å²) in [5, 5.41) is 10.4. The average molecular weight is 169 g/mol. The van der Waals surface area contributed by atoms with Crippen molar-refractivity contribution in [3.63, 3.8) is 0 Å². The van der Waals surface area contributed by atoms with Crippen LogP contribution in [-0.4, -0.2) is 16.8 Å². The second-order valence-electron chi connectivity index (χ2n) is 2.40. The van der Waals surface area contributed by atoms with Crippen molar-refractivity contribution in [2.45, 2.75) is 13.0 Å². The molecule has 0 aliphatic heterocycles. The molecule has 2 atom stereocenters. The van der Waals surface area contributed by atoms with Crippen LogP contribution in [-0.2, 0) is 0 Å². The second kappa shape index (κ2) is 3.80. The zero-order chi connectivity index (χ0) is 8.27. The molecule has 1 aromatic heterocycles. The van der Waals surface area contributed by atoms with E-state index in [4.69, 9.17) is 5.11 Å². The lowest BCUT2D eigenvalue weighted by Gasteiger charge is -2.03. The highest BCUT2D eigenvalue weighted by molar-refractivity contribution is 7.46. The predicted octanol–water partition coefficient (Wildman–Crippen LogP) is 1.07. The highest BCUT2D eigenvalue weighted by Gasteiger charge is 2.00. The highest BCUT2D eigenvalue weighted by atomic mass is 31.1. The number of aliphatic hydroxyl groups excluding tert-OH is 1. The van der Waals surface area contributed by atoms with Gasteiger partial charge in [0.1, 0.15) is 0 Å². The summed E-state index contributed by atoms with van der Waals surface area (Å²) in [5.41, 5.74) is 0.743. The van der Waals surface area contributed by atoms with Crippen molar-refractivity contribution in [3.05, 3.63) is 24.0 Å². The van der Waals surface area contributed by atoms with E-state index in [-0.39, 0.29) is 0 Å². The van der Waals surface area contributed by atoms with Gasteiger partial charge in [-0.2, -0.15) is 0 Å². The van der Waals surface area contributed by atoms with Crippen molar-refractivity contribution >= 4 is 13.9 Å². The molecule has 0 amide bonds. The summed E-state index contributed by atoms with van der Waals surface area (Å²) in [4.78, 5) is 4.11. The van der Waals surface area contributed by atoms with Crippen LogP contribution in [0.1, 0.15) is 18.7 Å². The number of nitrogens with zero attached hydrogens (tertiary/aromatic N) is 1. The third-order valence-corrected chi connectivity index (χ3v) is 2.38. The van der Waals surface area contributed by atoms with E-state index in [1.807, 2.05) is 18.3 Å². The minimum atomic E-state index is -0.454. The first-order valence-corrected chi connectivity index (χ1v) is 5.06. The van der Waals surface area contributed by atoms with Gasteiger partial charge in [-0.05, 0) is 25.0 Å². The van der Waals surface area contributed by atoms with Crippen LogP contribution < -0.4 is 5.30 Å². The maximum Gasteiger partial charge on any atom is 0.0931 e. The molecule has 0 saturated heterocycles. The van der Waals surface area contributed by atoms with Crippen molar-refractivity contribution in [1.82, 2.24) is 4.98 Å². The molecule has 1 heterocycles. The summed E-state index contributed by atoms with van der Waals surface area (Å²) in [6.45, 7) is 3.83. The normalized spacial score (nSPS) is 14.1. The fourth-order valence-electron chi connectivity index (χ4n) is 0.800. The number of rotatable bonds is 2. The monoisotopic (exact) mass is 169 g/mol. The molecule has 0 fully saturated rings. The molecule has 0 saturated carbocycles. The quantitative estimate of drug-likeness (QED) is 0.672. The molecule has 0 aliphatic rings. The van der Waals surface area contributed by atoms with Gasteiger partial charge in [0.25, 0.3) is 0 Å². The number of hydrogen-bond donors (Lipinski definition) is 1. The van der Waals surface area contributed by atoms with E-state index in [9.17, 15) is 0 Å². The van der Waals surface area contributed by atoms with E-state index in [0.29, 0.717) is 0 Å². The van der Waals surface area contributed by atoms with Crippen molar-refractivity contribution in [1.29, 1.82) is 0 Å². The Balaban J connectivity index is 2.83. The van der Waals surface area contributed by atoms with Crippen molar-refractivity contribution < 1.29 is 5.11 Å². The van der Waals surface area contributed by atoms with Crippen molar-refractivity contribution in [3.8, 4) is 0 Å². The van der Waals surface area contributed by atoms with Crippen LogP contribution in [0.2, 0.25) is 0 Å². The summed E-state index contributed by atoms with van der Waals surface area (Å²) >= 11 is 0. The molecule has 1 rings (SSSR count). The number of hydrogen-bond acceptors (Lipinski definition) is 2. The lowest BCUT2D eigenvalue weighted by atomic mass is 10.2. The van der Waals surface area contributed by atoms with Gasteiger partial charge in [0, 0.05) is 6.20 Å². The standard InChI is InChI=1S/C8H12NOP/c1-6(10)8-4-3-7(11-2)5-9-8/h3-6,10-11H,1-2H3. The Hall–Kier alpha value is -0.460. The largest absolute Gasteiger partial charge is 0.387 e. The fourth-order valence-corrected chi connectivity index (χ4v) is 1.24. The molecule has 0 aliphatic carbocycles. The number of aliphatic hydroxyl groups is 1. The molecule has 0 bridgehead atoms. The molecule has 0 radical (unpaired) electrons. The fraction of sp³-hybridized carbons (Fsp3) is 0.375. The van der Waals surface area contributed by atoms with Gasteiger partial charge in [-0.25, -0.2) is 0 Å². The molecule has 1 N–H and O–H groups in total. The minimum Gasteiger partial charge on any atom is -0.387 e. The van der Waals surface area contributed by atoms with Crippen LogP contribution in [0.25, 0.3) is 0 Å².